The van der Waals surface area contributed by atoms with Gasteiger partial charge in [-0.1, -0.05) is 12.1 Å². The lowest BCUT2D eigenvalue weighted by Crippen LogP contribution is -2.35. The monoisotopic (exact) mass is 476 g/mol. The summed E-state index contributed by atoms with van der Waals surface area (Å²) >= 11 is 0. The molecule has 4 rings (SSSR count). The lowest BCUT2D eigenvalue weighted by atomic mass is 9.87. The van der Waals surface area contributed by atoms with Gasteiger partial charge in [0.1, 0.15) is 5.82 Å². The molecule has 5 atom stereocenters. The molecule has 0 aromatic heterocycles. The fourth-order valence-electron chi connectivity index (χ4n) is 4.87. The molecular weight excluding hydrogens is 453 g/mol. The zero-order chi connectivity index (χ0) is 24.1. The average Bonchev–Trinajstić information content (AvgIpc) is 3.26. The van der Waals surface area contributed by atoms with E-state index in [0.717, 1.165) is 5.56 Å². The Kier molecular flexibility index (Phi) is 6.22. The highest BCUT2D eigenvalue weighted by Crippen LogP contribution is 2.42. The lowest BCUT2D eigenvalue weighted by Gasteiger charge is -2.29. The second-order valence-electron chi connectivity index (χ2n) is 8.65. The van der Waals surface area contributed by atoms with E-state index in [1.165, 1.54) is 19.1 Å². The highest BCUT2D eigenvalue weighted by molar-refractivity contribution is 5.35. The van der Waals surface area contributed by atoms with E-state index in [1.807, 2.05) is 6.92 Å². The van der Waals surface area contributed by atoms with Crippen LogP contribution in [-0.2, 0) is 17.1 Å². The van der Waals surface area contributed by atoms with Gasteiger partial charge in [0, 0.05) is 31.2 Å². The Bertz CT molecular complexity index is 958. The molecule has 2 aromatic carbocycles. The minimum absolute atomic E-state index is 0.0000863. The van der Waals surface area contributed by atoms with Crippen molar-refractivity contribution in [2.75, 3.05) is 13.2 Å². The highest BCUT2D eigenvalue weighted by Gasteiger charge is 2.49. The third-order valence-electron chi connectivity index (χ3n) is 6.45. The number of nitrogens with zero attached hydrogens (tertiary/aromatic N) is 1. The van der Waals surface area contributed by atoms with E-state index in [1.54, 1.807) is 12.1 Å². The zero-order valence-electron chi connectivity index (χ0n) is 17.8. The van der Waals surface area contributed by atoms with Crippen LogP contribution >= 0.6 is 0 Å². The molecule has 2 fully saturated rings. The quantitative estimate of drug-likeness (QED) is 0.571. The van der Waals surface area contributed by atoms with E-state index in [4.69, 9.17) is 4.74 Å². The molecule has 2 heterocycles. The Morgan fingerprint density at radius 3 is 2.09 bits per heavy atom. The van der Waals surface area contributed by atoms with Crippen molar-refractivity contribution in [2.24, 2.45) is 0 Å². The van der Waals surface area contributed by atoms with E-state index in [-0.39, 0.29) is 29.6 Å². The molecule has 10 heteroatoms. The van der Waals surface area contributed by atoms with E-state index < -0.39 is 41.5 Å². The molecule has 0 radical (unpaired) electrons. The van der Waals surface area contributed by atoms with Gasteiger partial charge in [-0.05, 0) is 55.3 Å². The van der Waals surface area contributed by atoms with E-state index >= 15 is 0 Å². The summed E-state index contributed by atoms with van der Waals surface area (Å²) < 4.78 is 99.2. The van der Waals surface area contributed by atoms with Crippen molar-refractivity contribution in [3.63, 3.8) is 0 Å². The molecule has 1 unspecified atom stereocenters. The molecule has 2 aromatic rings. The number of hydrogen-bond acceptors (Lipinski definition) is 3. The first kappa shape index (κ1) is 24.0. The smallest absolute Gasteiger partial charge is 0.369 e. The largest absolute Gasteiger partial charge is 0.416 e. The molecule has 0 aliphatic carbocycles. The SMILES string of the molecule is CC1NCN2C[C@@H](O[C@H](C)c3cc(C(F)(F)F)cc(C(F)(F)F)c3)[C@H](c3ccc(F)cc3)[C@@H]12. The Morgan fingerprint density at radius 2 is 1.55 bits per heavy atom. The van der Waals surface area contributed by atoms with Gasteiger partial charge in [0.15, 0.2) is 0 Å². The Labute approximate surface area is 186 Å². The van der Waals surface area contributed by atoms with E-state index in [2.05, 4.69) is 10.2 Å². The summed E-state index contributed by atoms with van der Waals surface area (Å²) in [5.41, 5.74) is -2.14. The topological polar surface area (TPSA) is 24.5 Å². The first-order valence-electron chi connectivity index (χ1n) is 10.5. The van der Waals surface area contributed by atoms with Crippen LogP contribution < -0.4 is 5.32 Å². The highest BCUT2D eigenvalue weighted by atomic mass is 19.4. The van der Waals surface area contributed by atoms with E-state index in [0.29, 0.717) is 25.3 Å². The lowest BCUT2D eigenvalue weighted by molar-refractivity contribution is -0.143. The molecule has 180 valence electrons. The molecule has 0 saturated carbocycles. The third-order valence-corrected chi connectivity index (χ3v) is 6.45. The van der Waals surface area contributed by atoms with Gasteiger partial charge in [0.25, 0.3) is 0 Å². The van der Waals surface area contributed by atoms with Crippen molar-refractivity contribution in [3.8, 4) is 0 Å². The van der Waals surface area contributed by atoms with Crippen molar-refractivity contribution in [1.29, 1.82) is 0 Å². The maximum absolute atomic E-state index is 13.5. The summed E-state index contributed by atoms with van der Waals surface area (Å²) in [6.45, 7) is 4.47. The molecule has 0 bridgehead atoms. The van der Waals surface area contributed by atoms with Crippen molar-refractivity contribution in [3.05, 3.63) is 70.5 Å². The standard InChI is InChI=1S/C23H23F7N2O/c1-12-21-20(14-3-5-18(24)6-4-14)19(10-32(21)11-31-12)33-13(2)15-7-16(22(25,26)27)9-17(8-15)23(28,29)30/h3-9,12-13,19-21,31H,10-11H2,1-2H3/t12?,13-,19-,20+,21-/m1/s1. The number of halogens is 7. The van der Waals surface area contributed by atoms with Crippen molar-refractivity contribution >= 4 is 0 Å². The predicted octanol–water partition coefficient (Wildman–Crippen LogP) is 5.73. The second kappa shape index (κ2) is 8.56. The van der Waals surface area contributed by atoms with Crippen LogP contribution in [0.15, 0.2) is 42.5 Å². The molecule has 2 saturated heterocycles. The summed E-state index contributed by atoms with van der Waals surface area (Å²) in [5.74, 6) is -0.633. The van der Waals surface area contributed by atoms with Crippen LogP contribution in [0.1, 0.15) is 48.1 Å². The van der Waals surface area contributed by atoms with Gasteiger partial charge in [-0.2, -0.15) is 26.3 Å². The predicted molar refractivity (Wildman–Crippen MR) is 107 cm³/mol. The minimum Gasteiger partial charge on any atom is -0.369 e. The second-order valence-corrected chi connectivity index (χ2v) is 8.65. The summed E-state index contributed by atoms with van der Waals surface area (Å²) in [6.07, 6.45) is -11.4. The molecule has 0 spiro atoms. The van der Waals surface area contributed by atoms with Crippen LogP contribution in [0.5, 0.6) is 0 Å². The van der Waals surface area contributed by atoms with Gasteiger partial charge in [-0.25, -0.2) is 4.39 Å². The zero-order valence-corrected chi connectivity index (χ0v) is 17.8. The fourth-order valence-corrected chi connectivity index (χ4v) is 4.87. The average molecular weight is 476 g/mol. The molecule has 1 N–H and O–H groups in total. The minimum atomic E-state index is -4.93. The molecule has 2 aliphatic rings. The Balaban J connectivity index is 1.65. The van der Waals surface area contributed by atoms with Crippen molar-refractivity contribution < 1.29 is 35.5 Å². The van der Waals surface area contributed by atoms with Gasteiger partial charge in [0.2, 0.25) is 0 Å². The van der Waals surface area contributed by atoms with Gasteiger partial charge < -0.3 is 10.1 Å². The van der Waals surface area contributed by atoms with Gasteiger partial charge in [-0.15, -0.1) is 0 Å². The molecule has 0 amide bonds. The Hall–Kier alpha value is -2.17. The van der Waals surface area contributed by atoms with Crippen LogP contribution in [-0.4, -0.2) is 36.3 Å². The number of nitrogens with one attached hydrogen (secondary N) is 1. The van der Waals surface area contributed by atoms with Crippen LogP contribution in [0, 0.1) is 5.82 Å². The number of fused-ring (bicyclic) bond motifs is 1. The van der Waals surface area contributed by atoms with Crippen LogP contribution in [0.3, 0.4) is 0 Å². The number of alkyl halides is 6. The van der Waals surface area contributed by atoms with Gasteiger partial charge >= 0.3 is 12.4 Å². The van der Waals surface area contributed by atoms with Crippen LogP contribution in [0.4, 0.5) is 30.7 Å². The third kappa shape index (κ3) is 4.88. The first-order chi connectivity index (χ1) is 15.3. The maximum Gasteiger partial charge on any atom is 0.416 e. The number of ether oxygens (including phenoxy) is 1. The van der Waals surface area contributed by atoms with Crippen LogP contribution in [0.2, 0.25) is 0 Å². The van der Waals surface area contributed by atoms with Crippen molar-refractivity contribution in [1.82, 2.24) is 10.2 Å². The van der Waals surface area contributed by atoms with E-state index in [9.17, 15) is 30.7 Å². The molecule has 2 aliphatic heterocycles. The Morgan fingerprint density at radius 1 is 0.970 bits per heavy atom. The number of hydrogen-bond donors (Lipinski definition) is 1. The molecule has 3 nitrogen and oxygen atoms in total. The first-order valence-corrected chi connectivity index (χ1v) is 10.5. The normalized spacial score (nSPS) is 27.1. The maximum atomic E-state index is 13.5. The number of rotatable bonds is 4. The fraction of sp³-hybridized carbons (Fsp3) is 0.478. The van der Waals surface area contributed by atoms with Crippen molar-refractivity contribution in [2.45, 2.75) is 56.4 Å². The molecular formula is C23H23F7N2O. The summed E-state index contributed by atoms with van der Waals surface area (Å²) in [7, 11) is 0. The summed E-state index contributed by atoms with van der Waals surface area (Å²) in [4.78, 5) is 2.13. The summed E-state index contributed by atoms with van der Waals surface area (Å²) in [6, 6.07) is 7.52. The number of benzene rings is 2. The molecule has 33 heavy (non-hydrogen) atoms. The van der Waals surface area contributed by atoms with Crippen LogP contribution in [0.25, 0.3) is 0 Å². The summed E-state index contributed by atoms with van der Waals surface area (Å²) in [5, 5.41) is 3.33. The van der Waals surface area contributed by atoms with Gasteiger partial charge in [-0.3, -0.25) is 4.90 Å². The van der Waals surface area contributed by atoms with Gasteiger partial charge in [0.05, 0.1) is 23.3 Å².